The van der Waals surface area contributed by atoms with Gasteiger partial charge in [-0.2, -0.15) is 0 Å². The van der Waals surface area contributed by atoms with E-state index in [1.165, 1.54) is 6.92 Å². The summed E-state index contributed by atoms with van der Waals surface area (Å²) in [5, 5.41) is 18.0. The van der Waals surface area contributed by atoms with Gasteiger partial charge in [0.2, 0.25) is 0 Å². The molecule has 0 aromatic carbocycles. The number of aliphatic carboxylic acids is 2. The number of hydrogen-bond donors (Lipinski definition) is 2. The third-order valence-electron chi connectivity index (χ3n) is 3.50. The molecule has 0 radical (unpaired) electrons. The molecule has 0 aromatic heterocycles. The molecule has 0 aromatic rings. The second kappa shape index (κ2) is 6.68. The molecule has 0 saturated carbocycles. The highest BCUT2D eigenvalue weighted by Gasteiger charge is 2.26. The van der Waals surface area contributed by atoms with Gasteiger partial charge in [-0.25, -0.2) is 9.59 Å². The monoisotopic (exact) mass is 271 g/mol. The van der Waals surface area contributed by atoms with E-state index in [1.54, 1.807) is 0 Å². The molecule has 0 spiro atoms. The van der Waals surface area contributed by atoms with Crippen LogP contribution in [-0.4, -0.2) is 58.9 Å². The van der Waals surface area contributed by atoms with E-state index in [-0.39, 0.29) is 29.7 Å². The Morgan fingerprint density at radius 2 is 1.68 bits per heavy atom. The van der Waals surface area contributed by atoms with Crippen LogP contribution in [0.15, 0.2) is 11.1 Å². The fourth-order valence-electron chi connectivity index (χ4n) is 2.30. The lowest BCUT2D eigenvalue weighted by atomic mass is 10.0. The number of carboxylic acid groups (broad SMARTS) is 2. The van der Waals surface area contributed by atoms with Crippen LogP contribution >= 0.6 is 0 Å². The van der Waals surface area contributed by atoms with E-state index in [4.69, 9.17) is 14.9 Å². The van der Waals surface area contributed by atoms with Crippen LogP contribution in [-0.2, 0) is 14.3 Å². The minimum Gasteiger partial charge on any atom is -0.478 e. The van der Waals surface area contributed by atoms with E-state index in [0.29, 0.717) is 19.8 Å². The number of ether oxygens (including phenoxy) is 1. The van der Waals surface area contributed by atoms with Gasteiger partial charge < -0.3 is 14.9 Å². The Kier molecular flexibility index (Phi) is 5.50. The fraction of sp³-hybridized carbons (Fsp3) is 0.692. The maximum atomic E-state index is 11.1. The summed E-state index contributed by atoms with van der Waals surface area (Å²) in [4.78, 5) is 24.1. The number of morpholine rings is 1. The van der Waals surface area contributed by atoms with Crippen molar-refractivity contribution in [1.82, 2.24) is 4.90 Å². The molecule has 1 saturated heterocycles. The zero-order valence-electron chi connectivity index (χ0n) is 11.5. The first-order valence-corrected chi connectivity index (χ1v) is 6.34. The van der Waals surface area contributed by atoms with Crippen molar-refractivity contribution in [3.05, 3.63) is 11.1 Å². The highest BCUT2D eigenvalue weighted by molar-refractivity contribution is 5.98. The molecule has 6 nitrogen and oxygen atoms in total. The van der Waals surface area contributed by atoms with Gasteiger partial charge in [0.25, 0.3) is 0 Å². The van der Waals surface area contributed by atoms with Crippen LogP contribution < -0.4 is 0 Å². The van der Waals surface area contributed by atoms with Crippen molar-refractivity contribution < 1.29 is 24.5 Å². The highest BCUT2D eigenvalue weighted by atomic mass is 16.5. The summed E-state index contributed by atoms with van der Waals surface area (Å²) in [6.07, 6.45) is 0.224. The zero-order chi connectivity index (χ0) is 14.6. The number of carboxylic acids is 2. The Hall–Kier alpha value is -1.40. The van der Waals surface area contributed by atoms with Gasteiger partial charge in [-0.15, -0.1) is 0 Å². The van der Waals surface area contributed by atoms with E-state index in [1.807, 2.05) is 13.8 Å². The van der Waals surface area contributed by atoms with Gasteiger partial charge in [-0.05, 0) is 27.2 Å². The van der Waals surface area contributed by atoms with Gasteiger partial charge >= 0.3 is 11.9 Å². The fourth-order valence-corrected chi connectivity index (χ4v) is 2.30. The van der Waals surface area contributed by atoms with E-state index >= 15 is 0 Å². The van der Waals surface area contributed by atoms with Crippen molar-refractivity contribution in [3.63, 3.8) is 0 Å². The SMILES string of the molecule is C/C(C(=O)O)=C(/CCN1[C@@H](C)COC[C@@H]1C)C(=O)O. The third kappa shape index (κ3) is 4.04. The van der Waals surface area contributed by atoms with Gasteiger partial charge in [0.15, 0.2) is 0 Å². The first-order chi connectivity index (χ1) is 8.84. The highest BCUT2D eigenvalue weighted by Crippen LogP contribution is 2.17. The molecule has 1 aliphatic rings. The molecule has 108 valence electrons. The van der Waals surface area contributed by atoms with Crippen molar-refractivity contribution in [2.45, 2.75) is 39.3 Å². The van der Waals surface area contributed by atoms with Gasteiger partial charge in [0.1, 0.15) is 0 Å². The predicted molar refractivity (Wildman–Crippen MR) is 69.0 cm³/mol. The Labute approximate surface area is 112 Å². The molecule has 1 aliphatic heterocycles. The average Bonchev–Trinajstić information content (AvgIpc) is 2.31. The van der Waals surface area contributed by atoms with E-state index in [0.717, 1.165) is 0 Å². The summed E-state index contributed by atoms with van der Waals surface area (Å²) in [5.41, 5.74) is -0.126. The van der Waals surface area contributed by atoms with Gasteiger partial charge in [0, 0.05) is 29.8 Å². The van der Waals surface area contributed by atoms with Crippen molar-refractivity contribution in [3.8, 4) is 0 Å². The maximum absolute atomic E-state index is 11.1. The molecule has 0 amide bonds. The van der Waals surface area contributed by atoms with Crippen molar-refractivity contribution >= 4 is 11.9 Å². The first kappa shape index (κ1) is 15.7. The quantitative estimate of drug-likeness (QED) is 0.725. The van der Waals surface area contributed by atoms with Gasteiger partial charge in [-0.3, -0.25) is 4.90 Å². The Balaban J connectivity index is 2.74. The van der Waals surface area contributed by atoms with Gasteiger partial charge in [0.05, 0.1) is 13.2 Å². The maximum Gasteiger partial charge on any atom is 0.332 e. The molecule has 0 aliphatic carbocycles. The van der Waals surface area contributed by atoms with Crippen LogP contribution in [0, 0.1) is 0 Å². The molecule has 0 unspecified atom stereocenters. The predicted octanol–water partition coefficient (Wildman–Crippen LogP) is 0.971. The summed E-state index contributed by atoms with van der Waals surface area (Å²) in [6, 6.07) is 0.424. The molecule has 0 bridgehead atoms. The number of hydrogen-bond acceptors (Lipinski definition) is 4. The van der Waals surface area contributed by atoms with Crippen LogP contribution in [0.25, 0.3) is 0 Å². The minimum absolute atomic E-state index is 0.0293. The van der Waals surface area contributed by atoms with E-state index in [9.17, 15) is 9.59 Å². The van der Waals surface area contributed by atoms with Crippen molar-refractivity contribution in [1.29, 1.82) is 0 Å². The smallest absolute Gasteiger partial charge is 0.332 e. The molecule has 19 heavy (non-hydrogen) atoms. The topological polar surface area (TPSA) is 87.1 Å². The average molecular weight is 271 g/mol. The summed E-state index contributed by atoms with van der Waals surface area (Å²) < 4.78 is 5.40. The molecule has 2 atom stereocenters. The van der Waals surface area contributed by atoms with Gasteiger partial charge in [-0.1, -0.05) is 0 Å². The second-order valence-corrected chi connectivity index (χ2v) is 4.94. The normalized spacial score (nSPS) is 25.8. The van der Waals surface area contributed by atoms with E-state index in [2.05, 4.69) is 4.90 Å². The molecular weight excluding hydrogens is 250 g/mol. The summed E-state index contributed by atoms with van der Waals surface area (Å²) in [5.74, 6) is -2.34. The lowest BCUT2D eigenvalue weighted by Crippen LogP contribution is -2.49. The Morgan fingerprint density at radius 3 is 2.11 bits per heavy atom. The lowest BCUT2D eigenvalue weighted by Gasteiger charge is -2.38. The Bertz CT molecular complexity index is 380. The molecule has 1 rings (SSSR count). The van der Waals surface area contributed by atoms with Crippen LogP contribution in [0.4, 0.5) is 0 Å². The molecule has 6 heteroatoms. The lowest BCUT2D eigenvalue weighted by molar-refractivity contribution is -0.136. The first-order valence-electron chi connectivity index (χ1n) is 6.34. The summed E-state index contributed by atoms with van der Waals surface area (Å²) >= 11 is 0. The number of nitrogens with zero attached hydrogens (tertiary/aromatic N) is 1. The molecule has 1 fully saturated rings. The molecule has 1 heterocycles. The molecular formula is C13H21NO5. The van der Waals surface area contributed by atoms with Crippen LogP contribution in [0.3, 0.4) is 0 Å². The number of rotatable bonds is 5. The summed E-state index contributed by atoms with van der Waals surface area (Å²) in [6.45, 7) is 7.13. The van der Waals surface area contributed by atoms with Crippen LogP contribution in [0.5, 0.6) is 0 Å². The summed E-state index contributed by atoms with van der Waals surface area (Å²) in [7, 11) is 0. The Morgan fingerprint density at radius 1 is 1.16 bits per heavy atom. The minimum atomic E-state index is -1.18. The molecule has 2 N–H and O–H groups in total. The van der Waals surface area contributed by atoms with Crippen LogP contribution in [0.1, 0.15) is 27.2 Å². The second-order valence-electron chi connectivity index (χ2n) is 4.94. The van der Waals surface area contributed by atoms with Crippen molar-refractivity contribution in [2.24, 2.45) is 0 Å². The standard InChI is InChI=1S/C13H21NO5/c1-8-6-19-7-9(2)14(8)5-4-11(13(17)18)10(3)12(15)16/h8-9H,4-7H2,1-3H3,(H,15,16)(H,17,18)/b11-10+/t8-,9-/m0/s1. The number of carbonyl (C=O) groups is 2. The van der Waals surface area contributed by atoms with Crippen LogP contribution in [0.2, 0.25) is 0 Å². The largest absolute Gasteiger partial charge is 0.478 e. The van der Waals surface area contributed by atoms with E-state index < -0.39 is 11.9 Å². The van der Waals surface area contributed by atoms with Crippen molar-refractivity contribution in [2.75, 3.05) is 19.8 Å². The third-order valence-corrected chi connectivity index (χ3v) is 3.50. The zero-order valence-corrected chi connectivity index (χ0v) is 11.5.